The van der Waals surface area contributed by atoms with E-state index >= 15 is 0 Å². The Morgan fingerprint density at radius 1 is 0.781 bits per heavy atom. The second-order valence-corrected chi connectivity index (χ2v) is 15.8. The van der Waals surface area contributed by atoms with E-state index < -0.39 is 0 Å². The maximum atomic E-state index is 12.6. The molecule has 6 nitrogen and oxygen atoms in total. The summed E-state index contributed by atoms with van der Waals surface area (Å²) in [7, 11) is 13.5. The summed E-state index contributed by atoms with van der Waals surface area (Å²) in [5.41, 5.74) is 0. The van der Waals surface area contributed by atoms with E-state index in [4.69, 9.17) is 9.47 Å². The van der Waals surface area contributed by atoms with Crippen LogP contribution in [0.15, 0.2) is 0 Å². The molecule has 3 aliphatic rings. The van der Waals surface area contributed by atoms with Crippen LogP contribution in [0.1, 0.15) is 26.2 Å². The van der Waals surface area contributed by atoms with Crippen LogP contribution in [0.2, 0.25) is 0 Å². The maximum Gasteiger partial charge on any atom is 0.307 e. The zero-order valence-corrected chi connectivity index (χ0v) is 23.7. The van der Waals surface area contributed by atoms with Gasteiger partial charge in [0.25, 0.3) is 0 Å². The molecule has 3 heterocycles. The van der Waals surface area contributed by atoms with E-state index in [1.54, 1.807) is 0 Å². The predicted molar refractivity (Wildman–Crippen MR) is 146 cm³/mol. The van der Waals surface area contributed by atoms with Gasteiger partial charge in [-0.25, -0.2) is 0 Å². The molecule has 3 aliphatic heterocycles. The summed E-state index contributed by atoms with van der Waals surface area (Å²) >= 11 is 0. The second kappa shape index (κ2) is 15.2. The molecule has 0 amide bonds. The summed E-state index contributed by atoms with van der Waals surface area (Å²) in [6.45, 7) is 3.28. The molecule has 32 heavy (non-hydrogen) atoms. The molecule has 0 N–H and O–H groups in total. The molecule has 0 aromatic carbocycles. The lowest BCUT2D eigenvalue weighted by atomic mass is 10.1. The Hall–Kier alpha value is 0.960. The Morgan fingerprint density at radius 3 is 1.69 bits per heavy atom. The summed E-state index contributed by atoms with van der Waals surface area (Å²) in [6, 6.07) is 1.29. The third-order valence-electron chi connectivity index (χ3n) is 5.70. The van der Waals surface area contributed by atoms with Crippen LogP contribution in [0.5, 0.6) is 0 Å². The van der Waals surface area contributed by atoms with Gasteiger partial charge in [-0.2, -0.15) is 0 Å². The molecule has 12 heteroatoms. The highest BCUT2D eigenvalue weighted by Crippen LogP contribution is 2.40. The average molecular weight is 559 g/mol. The third kappa shape index (κ3) is 8.87. The van der Waals surface area contributed by atoms with Crippen LogP contribution in [0.25, 0.3) is 0 Å². The van der Waals surface area contributed by atoms with Gasteiger partial charge in [-0.1, -0.05) is 71.7 Å². The number of hydrogen-bond donors (Lipinski definition) is 0. The van der Waals surface area contributed by atoms with Crippen LogP contribution in [-0.2, 0) is 19.1 Å². The highest BCUT2D eigenvalue weighted by molar-refractivity contribution is 8.77. The van der Waals surface area contributed by atoms with E-state index in [0.717, 1.165) is 47.5 Å². The lowest BCUT2D eigenvalue weighted by molar-refractivity contribution is -0.151. The first kappa shape index (κ1) is 27.5. The van der Waals surface area contributed by atoms with E-state index in [1.807, 2.05) is 71.7 Å². The van der Waals surface area contributed by atoms with Gasteiger partial charge in [0.15, 0.2) is 0 Å². The lowest BCUT2D eigenvalue weighted by Gasteiger charge is -2.39. The smallest absolute Gasteiger partial charge is 0.307 e. The molecule has 3 fully saturated rings. The van der Waals surface area contributed by atoms with Gasteiger partial charge in [-0.3, -0.25) is 14.5 Å². The van der Waals surface area contributed by atoms with Crippen molar-refractivity contribution < 1.29 is 19.1 Å². The molecule has 3 rings (SSSR count). The van der Waals surface area contributed by atoms with E-state index in [-0.39, 0.29) is 24.6 Å². The van der Waals surface area contributed by atoms with E-state index in [1.165, 1.54) is 0 Å². The SMILES string of the molecule is CCCC(=O)OCC(COC(=O)CCN(C)C1CSSC1)N(C1CSSC1)C1CSSC1. The fourth-order valence-electron chi connectivity index (χ4n) is 3.79. The summed E-state index contributed by atoms with van der Waals surface area (Å²) in [5.74, 6) is 6.15. The van der Waals surface area contributed by atoms with Crippen molar-refractivity contribution in [3.63, 3.8) is 0 Å². The number of nitrogens with zero attached hydrogens (tertiary/aromatic N) is 2. The molecule has 184 valence electrons. The Kier molecular flexibility index (Phi) is 13.0. The number of rotatable bonds is 13. The second-order valence-electron chi connectivity index (χ2n) is 8.12. The average Bonchev–Trinajstić information content (AvgIpc) is 3.57. The van der Waals surface area contributed by atoms with E-state index in [9.17, 15) is 9.59 Å². The van der Waals surface area contributed by atoms with Crippen molar-refractivity contribution in [2.45, 2.75) is 50.4 Å². The zero-order chi connectivity index (χ0) is 22.8. The molecule has 1 atom stereocenters. The van der Waals surface area contributed by atoms with Crippen molar-refractivity contribution in [3.8, 4) is 0 Å². The van der Waals surface area contributed by atoms with E-state index in [2.05, 4.69) is 16.8 Å². The third-order valence-corrected chi connectivity index (χ3v) is 13.3. The Balaban J connectivity index is 1.56. The number of carbonyl (C=O) groups excluding carboxylic acids is 2. The molecule has 0 aromatic heterocycles. The van der Waals surface area contributed by atoms with Crippen LogP contribution in [-0.4, -0.2) is 107 Å². The Bertz CT molecular complexity index is 570. The quantitative estimate of drug-likeness (QED) is 0.241. The predicted octanol–water partition coefficient (Wildman–Crippen LogP) is 4.16. The standard InChI is InChI=1S/C20H34N2O4S6/c1-3-4-19(23)25-7-15(22(17-11-29-30-12-17)18-13-31-32-14-18)8-26-20(24)5-6-21(2)16-9-27-28-10-16/h15-18H,3-14H2,1-2H3. The van der Waals surface area contributed by atoms with Crippen LogP contribution >= 0.6 is 64.8 Å². The minimum Gasteiger partial charge on any atom is -0.464 e. The molecular weight excluding hydrogens is 525 g/mol. The van der Waals surface area contributed by atoms with Crippen molar-refractivity contribution >= 4 is 76.7 Å². The zero-order valence-electron chi connectivity index (χ0n) is 18.8. The molecule has 3 saturated heterocycles. The molecular formula is C20H34N2O4S6. The molecule has 0 spiro atoms. The van der Waals surface area contributed by atoms with Gasteiger partial charge in [0.1, 0.15) is 13.2 Å². The van der Waals surface area contributed by atoms with Crippen LogP contribution in [0.4, 0.5) is 0 Å². The van der Waals surface area contributed by atoms with Crippen molar-refractivity contribution in [2.75, 3.05) is 61.3 Å². The maximum absolute atomic E-state index is 12.6. The highest BCUT2D eigenvalue weighted by Gasteiger charge is 2.38. The van der Waals surface area contributed by atoms with Gasteiger partial charge in [-0.05, 0) is 13.5 Å². The fourth-order valence-corrected chi connectivity index (χ4v) is 12.2. The number of ether oxygens (including phenoxy) is 2. The first-order chi connectivity index (χ1) is 15.6. The van der Waals surface area contributed by atoms with Crippen LogP contribution < -0.4 is 0 Å². The lowest BCUT2D eigenvalue weighted by Crippen LogP contribution is -2.55. The molecule has 0 aromatic rings. The minimum atomic E-state index is -0.164. The van der Waals surface area contributed by atoms with Gasteiger partial charge >= 0.3 is 11.9 Å². The van der Waals surface area contributed by atoms with Gasteiger partial charge in [0, 0.05) is 65.6 Å². The molecule has 0 saturated carbocycles. The monoisotopic (exact) mass is 558 g/mol. The van der Waals surface area contributed by atoms with Gasteiger partial charge in [-0.15, -0.1) is 0 Å². The molecule has 0 radical (unpaired) electrons. The van der Waals surface area contributed by atoms with E-state index in [0.29, 0.717) is 37.6 Å². The van der Waals surface area contributed by atoms with Gasteiger partial charge in [0.2, 0.25) is 0 Å². The molecule has 1 unspecified atom stereocenters. The summed E-state index contributed by atoms with van der Waals surface area (Å²) in [4.78, 5) is 29.4. The minimum absolute atomic E-state index is 0.0892. The van der Waals surface area contributed by atoms with Crippen molar-refractivity contribution in [2.24, 2.45) is 0 Å². The Morgan fingerprint density at radius 2 is 1.22 bits per heavy atom. The first-order valence-electron chi connectivity index (χ1n) is 11.1. The van der Waals surface area contributed by atoms with Crippen molar-refractivity contribution in [1.82, 2.24) is 9.80 Å². The van der Waals surface area contributed by atoms with Crippen molar-refractivity contribution in [3.05, 3.63) is 0 Å². The number of hydrogen-bond acceptors (Lipinski definition) is 12. The summed E-state index contributed by atoms with van der Waals surface area (Å²) in [6.07, 6.45) is 1.61. The van der Waals surface area contributed by atoms with Gasteiger partial charge in [0.05, 0.1) is 12.5 Å². The fraction of sp³-hybridized carbons (Fsp3) is 0.900. The van der Waals surface area contributed by atoms with Gasteiger partial charge < -0.3 is 14.4 Å². The first-order valence-corrected chi connectivity index (χ1v) is 18.6. The summed E-state index contributed by atoms with van der Waals surface area (Å²) < 4.78 is 11.4. The largest absolute Gasteiger partial charge is 0.464 e. The molecule has 0 aliphatic carbocycles. The normalized spacial score (nSPS) is 21.6. The molecule has 0 bridgehead atoms. The Labute approximate surface area is 216 Å². The van der Waals surface area contributed by atoms with Crippen molar-refractivity contribution in [1.29, 1.82) is 0 Å². The topological polar surface area (TPSA) is 59.1 Å². The van der Waals surface area contributed by atoms with Crippen LogP contribution in [0, 0.1) is 0 Å². The number of carbonyl (C=O) groups is 2. The number of esters is 2. The highest BCUT2D eigenvalue weighted by atomic mass is 33.1. The van der Waals surface area contributed by atoms with Crippen LogP contribution in [0.3, 0.4) is 0 Å². The summed E-state index contributed by atoms with van der Waals surface area (Å²) in [5, 5.41) is 0.